The summed E-state index contributed by atoms with van der Waals surface area (Å²) >= 11 is 12.3. The van der Waals surface area contributed by atoms with Crippen LogP contribution in [-0.4, -0.2) is 6.10 Å². The second kappa shape index (κ2) is 9.47. The first-order chi connectivity index (χ1) is 14.9. The van der Waals surface area contributed by atoms with Gasteiger partial charge in [0.15, 0.2) is 11.5 Å². The van der Waals surface area contributed by atoms with Gasteiger partial charge in [-0.2, -0.15) is 0 Å². The van der Waals surface area contributed by atoms with Gasteiger partial charge in [0.05, 0.1) is 0 Å². The highest BCUT2D eigenvalue weighted by atomic mass is 35.5. The van der Waals surface area contributed by atoms with Crippen molar-refractivity contribution in [3.63, 3.8) is 0 Å². The number of rotatable bonds is 9. The van der Waals surface area contributed by atoms with Crippen molar-refractivity contribution in [2.75, 3.05) is 0 Å². The van der Waals surface area contributed by atoms with Gasteiger partial charge in [0.25, 0.3) is 0 Å². The van der Waals surface area contributed by atoms with Gasteiger partial charge >= 0.3 is 0 Å². The summed E-state index contributed by atoms with van der Waals surface area (Å²) in [6, 6.07) is 12.9. The maximum absolute atomic E-state index is 6.61. The molecule has 0 aromatic heterocycles. The number of hydrogen-bond donors (Lipinski definition) is 0. The van der Waals surface area contributed by atoms with E-state index in [4.69, 9.17) is 32.7 Å². The maximum Gasteiger partial charge on any atom is 0.169 e. The monoisotopic (exact) mass is 476 g/mol. The van der Waals surface area contributed by atoms with Gasteiger partial charge in [-0.05, 0) is 65.5 Å². The van der Waals surface area contributed by atoms with Crippen LogP contribution >= 0.6 is 23.2 Å². The normalized spacial score (nSPS) is 22.0. The fourth-order valence-electron chi connectivity index (χ4n) is 4.95. The zero-order chi connectivity index (χ0) is 23.7. The SMILES string of the molecule is CCC(C)(C)C(C)(CC)CC1C(Oc2cc(Cl)ccc2Oc2ccc(Cl)cc2)CC1(C)C. The Bertz CT molecular complexity index is 920. The number of benzene rings is 2. The van der Waals surface area contributed by atoms with E-state index in [1.807, 2.05) is 42.5 Å². The fraction of sp³-hybridized carbons (Fsp3) is 0.571. The molecule has 0 heterocycles. The number of hydrogen-bond acceptors (Lipinski definition) is 2. The molecule has 0 saturated heterocycles. The van der Waals surface area contributed by atoms with Crippen molar-refractivity contribution in [2.24, 2.45) is 22.2 Å². The van der Waals surface area contributed by atoms with Gasteiger partial charge in [-0.3, -0.25) is 0 Å². The molecule has 1 aliphatic carbocycles. The highest BCUT2D eigenvalue weighted by Gasteiger charge is 2.53. The zero-order valence-electron chi connectivity index (χ0n) is 20.6. The topological polar surface area (TPSA) is 18.5 Å². The summed E-state index contributed by atoms with van der Waals surface area (Å²) < 4.78 is 12.7. The quantitative estimate of drug-likeness (QED) is 0.358. The van der Waals surface area contributed by atoms with Crippen LogP contribution in [0.4, 0.5) is 0 Å². The van der Waals surface area contributed by atoms with Crippen LogP contribution in [0.5, 0.6) is 17.2 Å². The van der Waals surface area contributed by atoms with E-state index >= 15 is 0 Å². The van der Waals surface area contributed by atoms with Gasteiger partial charge in [-0.1, -0.05) is 84.5 Å². The molecule has 2 nitrogen and oxygen atoms in total. The van der Waals surface area contributed by atoms with E-state index in [9.17, 15) is 0 Å². The van der Waals surface area contributed by atoms with E-state index in [-0.39, 0.29) is 22.3 Å². The Labute approximate surface area is 204 Å². The van der Waals surface area contributed by atoms with Crippen LogP contribution in [0.15, 0.2) is 42.5 Å². The van der Waals surface area contributed by atoms with Crippen molar-refractivity contribution in [3.8, 4) is 17.2 Å². The summed E-state index contributed by atoms with van der Waals surface area (Å²) in [5.41, 5.74) is 0.778. The molecule has 1 fully saturated rings. The number of ether oxygens (including phenoxy) is 2. The van der Waals surface area contributed by atoms with E-state index < -0.39 is 0 Å². The predicted molar refractivity (Wildman–Crippen MR) is 136 cm³/mol. The van der Waals surface area contributed by atoms with Crippen LogP contribution < -0.4 is 9.47 Å². The third kappa shape index (κ3) is 5.23. The van der Waals surface area contributed by atoms with E-state index in [2.05, 4.69) is 48.5 Å². The second-order valence-electron chi connectivity index (χ2n) is 11.0. The molecule has 3 unspecified atom stereocenters. The lowest BCUT2D eigenvalue weighted by molar-refractivity contribution is -0.109. The van der Waals surface area contributed by atoms with Crippen LogP contribution in [0.1, 0.15) is 74.1 Å². The third-order valence-corrected chi connectivity index (χ3v) is 8.86. The number of halogens is 2. The van der Waals surface area contributed by atoms with Crippen molar-refractivity contribution in [1.29, 1.82) is 0 Å². The minimum Gasteiger partial charge on any atom is -0.486 e. The molecule has 3 rings (SSSR count). The molecular weight excluding hydrogens is 439 g/mol. The summed E-state index contributed by atoms with van der Waals surface area (Å²) in [5, 5.41) is 1.32. The molecule has 1 saturated carbocycles. The minimum absolute atomic E-state index is 0.148. The molecule has 3 atom stereocenters. The third-order valence-electron chi connectivity index (χ3n) is 8.37. The van der Waals surface area contributed by atoms with Crippen molar-refractivity contribution in [3.05, 3.63) is 52.5 Å². The predicted octanol–water partition coefficient (Wildman–Crippen LogP) is 9.82. The highest BCUT2D eigenvalue weighted by Crippen LogP contribution is 2.58. The summed E-state index contributed by atoms with van der Waals surface area (Å²) in [7, 11) is 0. The van der Waals surface area contributed by atoms with Crippen LogP contribution in [0.3, 0.4) is 0 Å². The molecule has 1 aliphatic rings. The van der Waals surface area contributed by atoms with Crippen molar-refractivity contribution in [2.45, 2.75) is 80.3 Å². The summed E-state index contributed by atoms with van der Waals surface area (Å²) in [4.78, 5) is 0. The minimum atomic E-state index is 0.148. The Morgan fingerprint density at radius 1 is 0.906 bits per heavy atom. The standard InChI is InChI=1S/C28H38Cl2O2/c1-8-27(5,6)28(7,9-2)17-22-25(18-26(22,3)4)32-24-16-20(30)12-15-23(24)31-21-13-10-19(29)11-14-21/h10-16,22,25H,8-9,17-18H2,1-7H3. The van der Waals surface area contributed by atoms with Crippen LogP contribution in [-0.2, 0) is 0 Å². The Morgan fingerprint density at radius 3 is 2.09 bits per heavy atom. The van der Waals surface area contributed by atoms with Gasteiger partial charge in [-0.25, -0.2) is 0 Å². The smallest absolute Gasteiger partial charge is 0.169 e. The average Bonchev–Trinajstić information content (AvgIpc) is 2.74. The molecule has 0 amide bonds. The first kappa shape index (κ1) is 25.2. The Morgan fingerprint density at radius 2 is 1.53 bits per heavy atom. The van der Waals surface area contributed by atoms with Gasteiger partial charge in [-0.15, -0.1) is 0 Å². The first-order valence-electron chi connectivity index (χ1n) is 11.8. The molecule has 2 aromatic rings. The van der Waals surface area contributed by atoms with Crippen molar-refractivity contribution in [1.82, 2.24) is 0 Å². The van der Waals surface area contributed by atoms with Crippen molar-refractivity contribution >= 4 is 23.2 Å². The summed E-state index contributed by atoms with van der Waals surface area (Å²) in [6.45, 7) is 16.6. The Kier molecular flexibility index (Phi) is 7.47. The highest BCUT2D eigenvalue weighted by molar-refractivity contribution is 6.31. The van der Waals surface area contributed by atoms with Crippen molar-refractivity contribution < 1.29 is 9.47 Å². The molecular formula is C28H38Cl2O2. The van der Waals surface area contributed by atoms with E-state index in [1.165, 1.54) is 6.42 Å². The zero-order valence-corrected chi connectivity index (χ0v) is 22.1. The lowest BCUT2D eigenvalue weighted by Crippen LogP contribution is -2.54. The largest absolute Gasteiger partial charge is 0.486 e. The lowest BCUT2D eigenvalue weighted by atomic mass is 9.51. The van der Waals surface area contributed by atoms with Crippen LogP contribution in [0, 0.1) is 22.2 Å². The molecule has 0 radical (unpaired) electrons. The summed E-state index contributed by atoms with van der Waals surface area (Å²) in [5.74, 6) is 2.56. The second-order valence-corrected chi connectivity index (χ2v) is 11.8. The molecule has 176 valence electrons. The molecule has 32 heavy (non-hydrogen) atoms. The van der Waals surface area contributed by atoms with Gasteiger partial charge < -0.3 is 9.47 Å². The molecule has 0 spiro atoms. The van der Waals surface area contributed by atoms with E-state index in [1.54, 1.807) is 0 Å². The maximum atomic E-state index is 6.61. The molecule has 2 aromatic carbocycles. The lowest BCUT2D eigenvalue weighted by Gasteiger charge is -2.56. The van der Waals surface area contributed by atoms with Crippen LogP contribution in [0.25, 0.3) is 0 Å². The Balaban J connectivity index is 1.83. The fourth-order valence-corrected chi connectivity index (χ4v) is 5.24. The van der Waals surface area contributed by atoms with Gasteiger partial charge in [0.1, 0.15) is 11.9 Å². The van der Waals surface area contributed by atoms with E-state index in [0.717, 1.165) is 25.0 Å². The molecule has 0 N–H and O–H groups in total. The van der Waals surface area contributed by atoms with Gasteiger partial charge in [0, 0.05) is 22.0 Å². The molecule has 0 bridgehead atoms. The van der Waals surface area contributed by atoms with Gasteiger partial charge in [0.2, 0.25) is 0 Å². The first-order valence-corrected chi connectivity index (χ1v) is 12.6. The average molecular weight is 478 g/mol. The van der Waals surface area contributed by atoms with E-state index in [0.29, 0.717) is 27.5 Å². The summed E-state index contributed by atoms with van der Waals surface area (Å²) in [6.07, 6.45) is 4.65. The van der Waals surface area contributed by atoms with Crippen LogP contribution in [0.2, 0.25) is 10.0 Å². The molecule has 4 heteroatoms. The molecule has 0 aliphatic heterocycles. The Hall–Kier alpha value is -1.38.